The zero-order chi connectivity index (χ0) is 8.91. The van der Waals surface area contributed by atoms with E-state index in [1.165, 1.54) is 0 Å². The van der Waals surface area contributed by atoms with Crippen molar-refractivity contribution in [1.82, 2.24) is 0 Å². The summed E-state index contributed by atoms with van der Waals surface area (Å²) in [5.74, 6) is 0. The summed E-state index contributed by atoms with van der Waals surface area (Å²) >= 11 is 0. The van der Waals surface area contributed by atoms with Crippen molar-refractivity contribution in [2.45, 2.75) is 12.5 Å². The summed E-state index contributed by atoms with van der Waals surface area (Å²) in [5.41, 5.74) is 0. The van der Waals surface area contributed by atoms with Crippen LogP contribution in [0.2, 0.25) is 0 Å². The van der Waals surface area contributed by atoms with Gasteiger partial charge in [-0.2, -0.15) is 8.42 Å². The molecule has 1 unspecified atom stereocenters. The monoisotopic (exact) mass is 184 g/mol. The Labute approximate surface area is 65.7 Å². The smallest absolute Gasteiger partial charge is 0.264 e. The Morgan fingerprint density at radius 3 is 2.27 bits per heavy atom. The normalized spacial score (nSPS) is 14.8. The van der Waals surface area contributed by atoms with Crippen LogP contribution >= 0.6 is 0 Å². The van der Waals surface area contributed by atoms with Gasteiger partial charge >= 0.3 is 0 Å². The van der Waals surface area contributed by atoms with Crippen LogP contribution in [0.3, 0.4) is 0 Å². The van der Waals surface area contributed by atoms with E-state index in [0.29, 0.717) is 0 Å². The zero-order valence-corrected chi connectivity index (χ0v) is 7.04. The molecule has 11 heavy (non-hydrogen) atoms. The van der Waals surface area contributed by atoms with Gasteiger partial charge in [-0.15, -0.1) is 0 Å². The topological polar surface area (TPSA) is 83.8 Å². The van der Waals surface area contributed by atoms with Gasteiger partial charge in [-0.25, -0.2) is 0 Å². The Balaban J connectivity index is 3.88. The van der Waals surface area contributed by atoms with Crippen molar-refractivity contribution in [3.8, 4) is 0 Å². The molecule has 0 saturated heterocycles. The maximum absolute atomic E-state index is 10.5. The predicted octanol–water partition coefficient (Wildman–Crippen LogP) is -1.29. The second-order valence-electron chi connectivity index (χ2n) is 2.12. The van der Waals surface area contributed by atoms with E-state index in [-0.39, 0.29) is 13.0 Å². The van der Waals surface area contributed by atoms with Crippen LogP contribution in [0.1, 0.15) is 6.42 Å². The Hall–Kier alpha value is -0.170. The van der Waals surface area contributed by atoms with Gasteiger partial charge in [-0.3, -0.25) is 4.18 Å². The summed E-state index contributed by atoms with van der Waals surface area (Å²) in [6, 6.07) is 0. The van der Waals surface area contributed by atoms with Gasteiger partial charge in [0.1, 0.15) is 6.10 Å². The van der Waals surface area contributed by atoms with Gasteiger partial charge in [0.25, 0.3) is 10.1 Å². The number of aliphatic hydroxyl groups excluding tert-OH is 2. The maximum Gasteiger partial charge on any atom is 0.264 e. The highest BCUT2D eigenvalue weighted by atomic mass is 32.2. The molecule has 0 fully saturated rings. The lowest BCUT2D eigenvalue weighted by atomic mass is 10.3. The number of rotatable bonds is 5. The fourth-order valence-electron chi connectivity index (χ4n) is 0.561. The minimum atomic E-state index is -3.53. The van der Waals surface area contributed by atoms with Gasteiger partial charge in [0.05, 0.1) is 12.9 Å². The first-order valence-electron chi connectivity index (χ1n) is 3.09. The first-order valence-corrected chi connectivity index (χ1v) is 4.91. The van der Waals surface area contributed by atoms with Crippen molar-refractivity contribution in [3.05, 3.63) is 0 Å². The molecular weight excluding hydrogens is 172 g/mol. The van der Waals surface area contributed by atoms with Crippen LogP contribution < -0.4 is 0 Å². The molecule has 0 heterocycles. The Kier molecular flexibility index (Phi) is 4.58. The van der Waals surface area contributed by atoms with E-state index in [2.05, 4.69) is 4.18 Å². The summed E-state index contributed by atoms with van der Waals surface area (Å²) in [7, 11) is -3.53. The third kappa shape index (κ3) is 6.24. The Morgan fingerprint density at radius 1 is 1.45 bits per heavy atom. The maximum atomic E-state index is 10.5. The van der Waals surface area contributed by atoms with Gasteiger partial charge in [-0.1, -0.05) is 0 Å². The van der Waals surface area contributed by atoms with Crippen molar-refractivity contribution in [2.75, 3.05) is 19.5 Å². The molecule has 0 rings (SSSR count). The highest BCUT2D eigenvalue weighted by molar-refractivity contribution is 7.86. The summed E-state index contributed by atoms with van der Waals surface area (Å²) in [6.07, 6.45) is 0.186. The first-order chi connectivity index (χ1) is 4.99. The molecule has 0 spiro atoms. The average molecular weight is 184 g/mol. The van der Waals surface area contributed by atoms with E-state index in [0.717, 1.165) is 6.26 Å². The molecule has 0 aromatic rings. The summed E-state index contributed by atoms with van der Waals surface area (Å²) in [5, 5.41) is 16.9. The van der Waals surface area contributed by atoms with E-state index < -0.39 is 22.8 Å². The fourth-order valence-corrected chi connectivity index (χ4v) is 1.21. The molecule has 68 valence electrons. The lowest BCUT2D eigenvalue weighted by Gasteiger charge is -2.10. The number of aliphatic hydroxyl groups is 2. The molecule has 0 amide bonds. The van der Waals surface area contributed by atoms with Crippen LogP contribution in [0.15, 0.2) is 0 Å². The van der Waals surface area contributed by atoms with E-state index in [4.69, 9.17) is 10.2 Å². The van der Waals surface area contributed by atoms with Gasteiger partial charge in [0.15, 0.2) is 0 Å². The van der Waals surface area contributed by atoms with E-state index in [1.807, 2.05) is 0 Å². The quantitative estimate of drug-likeness (QED) is 0.519. The van der Waals surface area contributed by atoms with Crippen LogP contribution in [0, 0.1) is 0 Å². The second-order valence-corrected chi connectivity index (χ2v) is 3.72. The Morgan fingerprint density at radius 2 is 2.00 bits per heavy atom. The number of hydrogen-bond acceptors (Lipinski definition) is 5. The minimum Gasteiger partial charge on any atom is -0.396 e. The molecule has 0 radical (unpaired) electrons. The van der Waals surface area contributed by atoms with Crippen LogP contribution in [0.4, 0.5) is 0 Å². The molecule has 1 atom stereocenters. The van der Waals surface area contributed by atoms with Crippen LogP contribution in [-0.4, -0.2) is 44.2 Å². The fraction of sp³-hybridized carbons (Fsp3) is 1.00. The Bertz CT molecular complexity index is 185. The van der Waals surface area contributed by atoms with Crippen molar-refractivity contribution >= 4 is 10.1 Å². The second kappa shape index (κ2) is 4.66. The van der Waals surface area contributed by atoms with Gasteiger partial charge in [0.2, 0.25) is 0 Å². The molecule has 0 bridgehead atoms. The molecule has 5 nitrogen and oxygen atoms in total. The van der Waals surface area contributed by atoms with Crippen LogP contribution in [0.25, 0.3) is 0 Å². The molecule has 0 aliphatic rings. The average Bonchev–Trinajstić information content (AvgIpc) is 1.84. The van der Waals surface area contributed by atoms with E-state index in [1.54, 1.807) is 0 Å². The molecule has 6 heteroatoms. The van der Waals surface area contributed by atoms with Crippen LogP contribution in [0.5, 0.6) is 0 Å². The highest BCUT2D eigenvalue weighted by Crippen LogP contribution is 2.00. The van der Waals surface area contributed by atoms with Crippen molar-refractivity contribution in [3.63, 3.8) is 0 Å². The standard InChI is InChI=1S/C5H12O5S/c1-11(8,9)10-5(4-7)2-3-6/h5-7H,2-4H2,1H3. The SMILES string of the molecule is CS(=O)(=O)OC(CO)CCO. The van der Waals surface area contributed by atoms with Crippen molar-refractivity contribution in [1.29, 1.82) is 0 Å². The lowest BCUT2D eigenvalue weighted by molar-refractivity contribution is 0.0966. The summed E-state index contributed by atoms with van der Waals surface area (Å²) in [6.45, 7) is -0.617. The molecule has 0 aromatic heterocycles. The molecule has 0 aliphatic carbocycles. The predicted molar refractivity (Wildman–Crippen MR) is 38.5 cm³/mol. The molecular formula is C5H12O5S. The number of hydrogen-bond donors (Lipinski definition) is 2. The van der Waals surface area contributed by atoms with E-state index in [9.17, 15) is 8.42 Å². The summed E-state index contributed by atoms with van der Waals surface area (Å²) in [4.78, 5) is 0. The minimum absolute atomic E-state index is 0.115. The largest absolute Gasteiger partial charge is 0.396 e. The zero-order valence-electron chi connectivity index (χ0n) is 6.23. The summed E-state index contributed by atoms with van der Waals surface area (Å²) < 4.78 is 25.3. The van der Waals surface area contributed by atoms with Crippen molar-refractivity contribution < 1.29 is 22.8 Å². The van der Waals surface area contributed by atoms with Gasteiger partial charge in [0, 0.05) is 13.0 Å². The van der Waals surface area contributed by atoms with Gasteiger partial charge in [-0.05, 0) is 0 Å². The molecule has 0 aliphatic heterocycles. The lowest BCUT2D eigenvalue weighted by Crippen LogP contribution is -2.22. The van der Waals surface area contributed by atoms with E-state index >= 15 is 0 Å². The third-order valence-corrected chi connectivity index (χ3v) is 1.59. The highest BCUT2D eigenvalue weighted by Gasteiger charge is 2.13. The van der Waals surface area contributed by atoms with Gasteiger partial charge < -0.3 is 10.2 Å². The first kappa shape index (κ1) is 10.8. The third-order valence-electron chi connectivity index (χ3n) is 0.966. The van der Waals surface area contributed by atoms with Crippen molar-refractivity contribution in [2.24, 2.45) is 0 Å². The molecule has 0 aromatic carbocycles. The van der Waals surface area contributed by atoms with Crippen LogP contribution in [-0.2, 0) is 14.3 Å². The molecule has 0 saturated carbocycles. The molecule has 2 N–H and O–H groups in total.